The van der Waals surface area contributed by atoms with Crippen LogP contribution in [0.25, 0.3) is 60.4 Å². The molecule has 7 aromatic rings. The van der Waals surface area contributed by atoms with Gasteiger partial charge in [0.15, 0.2) is 0 Å². The number of nitrogens with zero attached hydrogens (tertiary/aromatic N) is 2. The lowest BCUT2D eigenvalue weighted by atomic mass is 9.96. The van der Waals surface area contributed by atoms with Crippen molar-refractivity contribution in [2.75, 3.05) is 0 Å². The Balaban J connectivity index is 1.67. The zero-order chi connectivity index (χ0) is 22.8. The summed E-state index contributed by atoms with van der Waals surface area (Å²) in [7, 11) is 2.18. The summed E-state index contributed by atoms with van der Waals surface area (Å²) in [6.45, 7) is 2.20. The summed E-state index contributed by atoms with van der Waals surface area (Å²) in [5.41, 5.74) is 10.1. The van der Waals surface area contributed by atoms with E-state index in [0.29, 0.717) is 0 Å². The molecule has 0 aliphatic carbocycles. The molecule has 0 fully saturated rings. The number of fused-ring (bicyclic) bond motifs is 6. The van der Waals surface area contributed by atoms with E-state index in [1.807, 2.05) is 0 Å². The Morgan fingerprint density at radius 3 is 1.97 bits per heavy atom. The molecule has 0 saturated carbocycles. The first-order valence-electron chi connectivity index (χ1n) is 11.8. The summed E-state index contributed by atoms with van der Waals surface area (Å²) >= 11 is 0. The molecular weight excluding hydrogens is 412 g/mol. The van der Waals surface area contributed by atoms with Crippen molar-refractivity contribution in [2.45, 2.75) is 6.92 Å². The molecule has 2 heterocycles. The van der Waals surface area contributed by atoms with Crippen LogP contribution >= 0.6 is 0 Å². The number of para-hydroxylation sites is 3. The van der Waals surface area contributed by atoms with Crippen LogP contribution in [-0.2, 0) is 7.05 Å². The molecule has 7 rings (SSSR count). The number of rotatable bonds is 2. The lowest BCUT2D eigenvalue weighted by molar-refractivity contribution is 1.00. The van der Waals surface area contributed by atoms with E-state index in [0.717, 1.165) is 0 Å². The summed E-state index contributed by atoms with van der Waals surface area (Å²) in [4.78, 5) is 0. The van der Waals surface area contributed by atoms with Gasteiger partial charge in [0.25, 0.3) is 0 Å². The minimum atomic E-state index is 1.21. The topological polar surface area (TPSA) is 9.86 Å². The van der Waals surface area contributed by atoms with Gasteiger partial charge in [0.05, 0.1) is 22.2 Å². The van der Waals surface area contributed by atoms with Crippen molar-refractivity contribution in [1.82, 2.24) is 9.13 Å². The van der Waals surface area contributed by atoms with Crippen LogP contribution in [0.15, 0.2) is 109 Å². The fourth-order valence-electron chi connectivity index (χ4n) is 5.77. The maximum Gasteiger partial charge on any atom is 0.0733 e. The van der Waals surface area contributed by atoms with Gasteiger partial charge in [0.1, 0.15) is 0 Å². The molecule has 0 N–H and O–H groups in total. The van der Waals surface area contributed by atoms with Crippen LogP contribution in [0.2, 0.25) is 0 Å². The van der Waals surface area contributed by atoms with Gasteiger partial charge in [-0.05, 0) is 47.9 Å². The molecule has 0 unspecified atom stereocenters. The Hall–Kier alpha value is -4.30. The van der Waals surface area contributed by atoms with E-state index in [1.54, 1.807) is 0 Å². The molecule has 0 bridgehead atoms. The second-order valence-corrected chi connectivity index (χ2v) is 9.12. The molecule has 2 nitrogen and oxygen atoms in total. The van der Waals surface area contributed by atoms with Crippen molar-refractivity contribution in [1.29, 1.82) is 0 Å². The highest BCUT2D eigenvalue weighted by Gasteiger charge is 2.19. The van der Waals surface area contributed by atoms with E-state index in [4.69, 9.17) is 0 Å². The van der Waals surface area contributed by atoms with Crippen molar-refractivity contribution in [3.8, 4) is 16.8 Å². The SMILES string of the molecule is Cc1ccccc1-c1cccc2c1c1ccccc1n2-c1cccc2c3ccccc3n(C)c12. The standard InChI is InChI=1S/C32H24N2/c1-21-11-3-4-12-22(21)24-15-9-19-29-31(24)26-14-6-8-18-28(26)34(29)30-20-10-16-25-23-13-5-7-17-27(23)33(2)32(25)30/h3-20H,1-2H3. The molecule has 162 valence electrons. The molecule has 0 aliphatic heterocycles. The zero-order valence-corrected chi connectivity index (χ0v) is 19.3. The highest BCUT2D eigenvalue weighted by Crippen LogP contribution is 2.41. The molecule has 0 aliphatic rings. The normalized spacial score (nSPS) is 11.8. The number of aromatic nitrogens is 2. The number of hydrogen-bond donors (Lipinski definition) is 0. The summed E-state index contributed by atoms with van der Waals surface area (Å²) in [5.74, 6) is 0. The van der Waals surface area contributed by atoms with Crippen LogP contribution in [0, 0.1) is 6.92 Å². The van der Waals surface area contributed by atoms with Gasteiger partial charge in [-0.1, -0.05) is 84.9 Å². The molecule has 0 amide bonds. The molecule has 2 heteroatoms. The Kier molecular flexibility index (Phi) is 4.01. The van der Waals surface area contributed by atoms with Crippen molar-refractivity contribution < 1.29 is 0 Å². The monoisotopic (exact) mass is 436 g/mol. The number of aryl methyl sites for hydroxylation is 2. The van der Waals surface area contributed by atoms with Gasteiger partial charge < -0.3 is 9.13 Å². The molecule has 2 aromatic heterocycles. The summed E-state index contributed by atoms with van der Waals surface area (Å²) in [6.07, 6.45) is 0. The highest BCUT2D eigenvalue weighted by atomic mass is 15.0. The van der Waals surface area contributed by atoms with Crippen molar-refractivity contribution in [3.63, 3.8) is 0 Å². The fourth-order valence-corrected chi connectivity index (χ4v) is 5.77. The number of hydrogen-bond acceptors (Lipinski definition) is 0. The van der Waals surface area contributed by atoms with Crippen molar-refractivity contribution in [2.24, 2.45) is 7.05 Å². The highest BCUT2D eigenvalue weighted by molar-refractivity contribution is 6.18. The van der Waals surface area contributed by atoms with Crippen LogP contribution in [0.4, 0.5) is 0 Å². The average Bonchev–Trinajstić information content (AvgIpc) is 3.37. The van der Waals surface area contributed by atoms with Crippen LogP contribution in [0.5, 0.6) is 0 Å². The third kappa shape index (κ3) is 2.51. The molecule has 5 aromatic carbocycles. The quantitative estimate of drug-likeness (QED) is 0.257. The zero-order valence-electron chi connectivity index (χ0n) is 19.3. The Bertz CT molecular complexity index is 1880. The van der Waals surface area contributed by atoms with Crippen molar-refractivity contribution >= 4 is 43.6 Å². The third-order valence-electron chi connectivity index (χ3n) is 7.28. The Labute approximate surface area is 198 Å². The first-order chi connectivity index (χ1) is 16.7. The van der Waals surface area contributed by atoms with E-state index >= 15 is 0 Å². The summed E-state index contributed by atoms with van der Waals surface area (Å²) in [6, 6.07) is 39.6. The lowest BCUT2D eigenvalue weighted by Crippen LogP contribution is -1.98. The van der Waals surface area contributed by atoms with Gasteiger partial charge in [-0.2, -0.15) is 0 Å². The lowest BCUT2D eigenvalue weighted by Gasteiger charge is -2.12. The van der Waals surface area contributed by atoms with Crippen molar-refractivity contribution in [3.05, 3.63) is 115 Å². The van der Waals surface area contributed by atoms with Gasteiger partial charge in [-0.3, -0.25) is 0 Å². The first kappa shape index (κ1) is 19.2. The minimum absolute atomic E-state index is 1.21. The predicted octanol–water partition coefficient (Wildman–Crippen LogP) is 8.40. The van der Waals surface area contributed by atoms with Gasteiger partial charge in [0.2, 0.25) is 0 Å². The van der Waals surface area contributed by atoms with E-state index in [1.165, 1.54) is 66.0 Å². The number of benzene rings is 5. The molecule has 34 heavy (non-hydrogen) atoms. The molecular formula is C32H24N2. The molecule has 0 saturated heterocycles. The van der Waals surface area contributed by atoms with Crippen LogP contribution in [-0.4, -0.2) is 9.13 Å². The third-order valence-corrected chi connectivity index (χ3v) is 7.28. The second-order valence-electron chi connectivity index (χ2n) is 9.12. The Morgan fingerprint density at radius 2 is 1.12 bits per heavy atom. The van der Waals surface area contributed by atoms with Crippen LogP contribution in [0.3, 0.4) is 0 Å². The predicted molar refractivity (Wildman–Crippen MR) is 145 cm³/mol. The average molecular weight is 437 g/mol. The summed E-state index contributed by atoms with van der Waals surface area (Å²) < 4.78 is 4.79. The summed E-state index contributed by atoms with van der Waals surface area (Å²) in [5, 5.41) is 5.18. The van der Waals surface area contributed by atoms with Gasteiger partial charge in [0, 0.05) is 34.1 Å². The van der Waals surface area contributed by atoms with Gasteiger partial charge >= 0.3 is 0 Å². The second kappa shape index (κ2) is 7.10. The Morgan fingerprint density at radius 1 is 0.500 bits per heavy atom. The maximum absolute atomic E-state index is 2.45. The van der Waals surface area contributed by atoms with Crippen LogP contribution in [0.1, 0.15) is 5.56 Å². The molecule has 0 spiro atoms. The fraction of sp³-hybridized carbons (Fsp3) is 0.0625. The molecule has 0 atom stereocenters. The van der Waals surface area contributed by atoms with Gasteiger partial charge in [-0.25, -0.2) is 0 Å². The minimum Gasteiger partial charge on any atom is -0.342 e. The maximum atomic E-state index is 2.45. The van der Waals surface area contributed by atoms with Gasteiger partial charge in [-0.15, -0.1) is 0 Å². The van der Waals surface area contributed by atoms with E-state index in [2.05, 4.69) is 132 Å². The van der Waals surface area contributed by atoms with E-state index in [9.17, 15) is 0 Å². The first-order valence-corrected chi connectivity index (χ1v) is 11.8. The smallest absolute Gasteiger partial charge is 0.0733 e. The largest absolute Gasteiger partial charge is 0.342 e. The van der Waals surface area contributed by atoms with E-state index < -0.39 is 0 Å². The van der Waals surface area contributed by atoms with Crippen LogP contribution < -0.4 is 0 Å². The molecule has 0 radical (unpaired) electrons. The van der Waals surface area contributed by atoms with E-state index in [-0.39, 0.29) is 0 Å².